The van der Waals surface area contributed by atoms with E-state index in [-0.39, 0.29) is 5.91 Å². The highest BCUT2D eigenvalue weighted by Crippen LogP contribution is 2.38. The number of carbonyl (C=O) groups is 2. The van der Waals surface area contributed by atoms with Gasteiger partial charge in [-0.1, -0.05) is 13.0 Å². The molecule has 0 fully saturated rings. The van der Waals surface area contributed by atoms with Gasteiger partial charge >= 0.3 is 0 Å². The molecule has 0 bridgehead atoms. The number of thiophene rings is 1. The quantitative estimate of drug-likeness (QED) is 0.582. The Kier molecular flexibility index (Phi) is 6.55. The van der Waals surface area contributed by atoms with E-state index in [0.717, 1.165) is 41.5 Å². The maximum atomic E-state index is 12.3. The number of fused-ring (bicyclic) bond motifs is 1. The number of ether oxygens (including phenoxy) is 1. The van der Waals surface area contributed by atoms with E-state index in [1.54, 1.807) is 0 Å². The van der Waals surface area contributed by atoms with Crippen LogP contribution in [-0.2, 0) is 24.1 Å². The molecule has 0 atom stereocenters. The SMILES string of the molecule is CCc1ccc(OCCCC(=O)Nc2sc3c(c2C(N)=O)CCC3)c(Br)c1. The van der Waals surface area contributed by atoms with Gasteiger partial charge in [0.2, 0.25) is 5.91 Å². The van der Waals surface area contributed by atoms with Gasteiger partial charge in [0.15, 0.2) is 0 Å². The number of primary amides is 1. The Hall–Kier alpha value is -1.86. The van der Waals surface area contributed by atoms with E-state index in [1.165, 1.54) is 21.8 Å². The molecular weight excluding hydrogens is 428 g/mol. The van der Waals surface area contributed by atoms with Crippen molar-refractivity contribution in [2.24, 2.45) is 5.73 Å². The number of benzene rings is 1. The maximum absolute atomic E-state index is 12.3. The van der Waals surface area contributed by atoms with Crippen LogP contribution in [0.1, 0.15) is 52.5 Å². The van der Waals surface area contributed by atoms with Crippen LogP contribution < -0.4 is 15.8 Å². The molecular formula is C20H23BrN2O3S. The number of hydrogen-bond donors (Lipinski definition) is 2. The van der Waals surface area contributed by atoms with E-state index >= 15 is 0 Å². The minimum Gasteiger partial charge on any atom is -0.492 e. The maximum Gasteiger partial charge on any atom is 0.251 e. The molecule has 1 aromatic heterocycles. The van der Waals surface area contributed by atoms with Gasteiger partial charge in [0.1, 0.15) is 10.8 Å². The minimum absolute atomic E-state index is 0.124. The predicted molar refractivity (Wildman–Crippen MR) is 112 cm³/mol. The molecule has 7 heteroatoms. The van der Waals surface area contributed by atoms with Crippen molar-refractivity contribution in [3.63, 3.8) is 0 Å². The number of hydrogen-bond acceptors (Lipinski definition) is 4. The van der Waals surface area contributed by atoms with Crippen LogP contribution in [-0.4, -0.2) is 18.4 Å². The van der Waals surface area contributed by atoms with E-state index in [2.05, 4.69) is 28.2 Å². The third-order valence-corrected chi connectivity index (χ3v) is 6.46. The smallest absolute Gasteiger partial charge is 0.251 e. The second kappa shape index (κ2) is 8.89. The molecule has 144 valence electrons. The molecule has 1 aromatic carbocycles. The molecule has 0 saturated carbocycles. The monoisotopic (exact) mass is 450 g/mol. The average molecular weight is 451 g/mol. The molecule has 2 amide bonds. The van der Waals surface area contributed by atoms with Gasteiger partial charge in [-0.15, -0.1) is 11.3 Å². The molecule has 0 spiro atoms. The molecule has 1 aliphatic rings. The third kappa shape index (κ3) is 4.71. The van der Waals surface area contributed by atoms with Crippen LogP contribution in [0.25, 0.3) is 0 Å². The van der Waals surface area contributed by atoms with E-state index in [9.17, 15) is 9.59 Å². The second-order valence-electron chi connectivity index (χ2n) is 6.54. The Morgan fingerprint density at radius 2 is 2.15 bits per heavy atom. The molecule has 2 aromatic rings. The summed E-state index contributed by atoms with van der Waals surface area (Å²) in [6.45, 7) is 2.55. The topological polar surface area (TPSA) is 81.4 Å². The Labute approximate surface area is 171 Å². The van der Waals surface area contributed by atoms with Gasteiger partial charge in [0.25, 0.3) is 5.91 Å². The lowest BCUT2D eigenvalue weighted by atomic mass is 10.1. The van der Waals surface area contributed by atoms with Crippen molar-refractivity contribution in [2.45, 2.75) is 45.4 Å². The molecule has 3 rings (SSSR count). The first-order valence-corrected chi connectivity index (χ1v) is 10.8. The van der Waals surface area contributed by atoms with Gasteiger partial charge in [0.05, 0.1) is 16.6 Å². The highest BCUT2D eigenvalue weighted by Gasteiger charge is 2.25. The van der Waals surface area contributed by atoms with Crippen molar-refractivity contribution in [3.8, 4) is 5.75 Å². The number of anilines is 1. The van der Waals surface area contributed by atoms with Gasteiger partial charge in [-0.25, -0.2) is 0 Å². The Morgan fingerprint density at radius 3 is 2.85 bits per heavy atom. The Bertz CT molecular complexity index is 863. The number of aryl methyl sites for hydroxylation is 2. The van der Waals surface area contributed by atoms with E-state index in [0.29, 0.717) is 30.0 Å². The molecule has 0 radical (unpaired) electrons. The Morgan fingerprint density at radius 1 is 1.33 bits per heavy atom. The van der Waals surface area contributed by atoms with Gasteiger partial charge in [-0.2, -0.15) is 0 Å². The first-order valence-electron chi connectivity index (χ1n) is 9.15. The van der Waals surface area contributed by atoms with Crippen molar-refractivity contribution >= 4 is 44.1 Å². The number of nitrogens with two attached hydrogens (primary N) is 1. The molecule has 1 aliphatic carbocycles. The standard InChI is InChI=1S/C20H23BrN2O3S/c1-2-12-8-9-15(14(21)11-12)26-10-4-7-17(24)23-20-18(19(22)25)13-5-3-6-16(13)27-20/h8-9,11H,2-7,10H2,1H3,(H2,22,25)(H,23,24). The fourth-order valence-corrected chi connectivity index (χ4v) is 5.09. The van der Waals surface area contributed by atoms with Crippen molar-refractivity contribution < 1.29 is 14.3 Å². The predicted octanol–water partition coefficient (Wildman–Crippen LogP) is 4.46. The number of amides is 2. The summed E-state index contributed by atoms with van der Waals surface area (Å²) in [7, 11) is 0. The normalized spacial score (nSPS) is 12.7. The molecule has 0 unspecified atom stereocenters. The first kappa shape index (κ1) is 19.9. The van der Waals surface area contributed by atoms with Crippen molar-refractivity contribution in [1.29, 1.82) is 0 Å². The fourth-order valence-electron chi connectivity index (χ4n) is 3.24. The van der Waals surface area contributed by atoms with Crippen LogP contribution in [0.4, 0.5) is 5.00 Å². The summed E-state index contributed by atoms with van der Waals surface area (Å²) in [5, 5.41) is 3.45. The minimum atomic E-state index is -0.464. The number of nitrogens with one attached hydrogen (secondary N) is 1. The second-order valence-corrected chi connectivity index (χ2v) is 8.50. The molecule has 0 saturated heterocycles. The molecule has 0 aliphatic heterocycles. The lowest BCUT2D eigenvalue weighted by Crippen LogP contribution is -2.18. The zero-order chi connectivity index (χ0) is 19.4. The Balaban J connectivity index is 1.50. The largest absolute Gasteiger partial charge is 0.492 e. The summed E-state index contributed by atoms with van der Waals surface area (Å²) in [5.41, 5.74) is 8.28. The van der Waals surface area contributed by atoms with Crippen LogP contribution in [0.5, 0.6) is 5.75 Å². The summed E-state index contributed by atoms with van der Waals surface area (Å²) >= 11 is 4.99. The van der Waals surface area contributed by atoms with E-state index in [1.807, 2.05) is 18.2 Å². The number of rotatable bonds is 8. The van der Waals surface area contributed by atoms with Crippen molar-refractivity contribution in [3.05, 3.63) is 44.2 Å². The highest BCUT2D eigenvalue weighted by atomic mass is 79.9. The van der Waals surface area contributed by atoms with Crippen LogP contribution in [0, 0.1) is 0 Å². The van der Waals surface area contributed by atoms with Gasteiger partial charge in [-0.3, -0.25) is 9.59 Å². The van der Waals surface area contributed by atoms with Gasteiger partial charge in [0, 0.05) is 11.3 Å². The van der Waals surface area contributed by atoms with Crippen molar-refractivity contribution in [1.82, 2.24) is 0 Å². The lowest BCUT2D eigenvalue weighted by molar-refractivity contribution is -0.116. The summed E-state index contributed by atoms with van der Waals surface area (Å²) < 4.78 is 6.67. The third-order valence-electron chi connectivity index (χ3n) is 4.63. The van der Waals surface area contributed by atoms with E-state index in [4.69, 9.17) is 10.5 Å². The van der Waals surface area contributed by atoms with Crippen LogP contribution in [0.3, 0.4) is 0 Å². The summed E-state index contributed by atoms with van der Waals surface area (Å²) in [6, 6.07) is 6.02. The van der Waals surface area contributed by atoms with Crippen molar-refractivity contribution in [2.75, 3.05) is 11.9 Å². The van der Waals surface area contributed by atoms with Crippen LogP contribution >= 0.6 is 27.3 Å². The summed E-state index contributed by atoms with van der Waals surface area (Å²) in [4.78, 5) is 25.2. The summed E-state index contributed by atoms with van der Waals surface area (Å²) in [5.74, 6) is 0.188. The molecule has 1 heterocycles. The van der Waals surface area contributed by atoms with Crippen LogP contribution in [0.2, 0.25) is 0 Å². The number of carbonyl (C=O) groups excluding carboxylic acids is 2. The molecule has 5 nitrogen and oxygen atoms in total. The van der Waals surface area contributed by atoms with Crippen LogP contribution in [0.15, 0.2) is 22.7 Å². The van der Waals surface area contributed by atoms with Gasteiger partial charge < -0.3 is 15.8 Å². The highest BCUT2D eigenvalue weighted by molar-refractivity contribution is 9.10. The molecule has 3 N–H and O–H groups in total. The number of halogens is 1. The molecule has 27 heavy (non-hydrogen) atoms. The first-order chi connectivity index (χ1) is 13.0. The summed E-state index contributed by atoms with van der Waals surface area (Å²) in [6.07, 6.45) is 4.74. The zero-order valence-corrected chi connectivity index (χ0v) is 17.7. The lowest BCUT2D eigenvalue weighted by Gasteiger charge is -2.10. The van der Waals surface area contributed by atoms with E-state index < -0.39 is 5.91 Å². The van der Waals surface area contributed by atoms with Gasteiger partial charge in [-0.05, 0) is 71.3 Å². The average Bonchev–Trinajstić information content (AvgIpc) is 3.19. The fraction of sp³-hybridized carbons (Fsp3) is 0.400. The zero-order valence-electron chi connectivity index (χ0n) is 15.3.